The summed E-state index contributed by atoms with van der Waals surface area (Å²) in [7, 11) is 0. The molecule has 6 amide bonds. The lowest BCUT2D eigenvalue weighted by Crippen LogP contribution is -2.54. The Morgan fingerprint density at radius 2 is 1.55 bits per heavy atom. The second-order valence-electron chi connectivity index (χ2n) is 17.7. The Bertz CT molecular complexity index is 2760. The van der Waals surface area contributed by atoms with E-state index in [1.807, 2.05) is 21.6 Å². The van der Waals surface area contributed by atoms with E-state index >= 15 is 0 Å². The van der Waals surface area contributed by atoms with Crippen molar-refractivity contribution in [2.75, 3.05) is 62.6 Å². The summed E-state index contributed by atoms with van der Waals surface area (Å²) in [6, 6.07) is 16.8. The minimum absolute atomic E-state index is 0.0249. The molecule has 3 saturated heterocycles. The molecule has 10 rings (SSSR count). The van der Waals surface area contributed by atoms with Crippen LogP contribution in [-0.2, 0) is 14.4 Å². The zero-order valence-corrected chi connectivity index (χ0v) is 37.8. The average molecular weight is 949 g/mol. The van der Waals surface area contributed by atoms with Crippen LogP contribution in [0.25, 0.3) is 11.2 Å². The minimum Gasteiger partial charge on any atom is -0.484 e. The number of fused-ring (bicyclic) bond motifs is 2. The number of amides is 6. The summed E-state index contributed by atoms with van der Waals surface area (Å²) >= 11 is 12.5. The van der Waals surface area contributed by atoms with Crippen LogP contribution in [-0.4, -0.2) is 134 Å². The molecule has 1 aliphatic carbocycles. The molecule has 4 aliphatic heterocycles. The van der Waals surface area contributed by atoms with E-state index < -0.39 is 29.7 Å². The van der Waals surface area contributed by atoms with Crippen LogP contribution in [0, 0.1) is 5.92 Å². The molecule has 2 aromatic heterocycles. The van der Waals surface area contributed by atoms with Crippen molar-refractivity contribution in [1.29, 1.82) is 0 Å². The first kappa shape index (κ1) is 44.2. The summed E-state index contributed by atoms with van der Waals surface area (Å²) in [5.74, 6) is -1.39. The van der Waals surface area contributed by atoms with Gasteiger partial charge in [0.1, 0.15) is 18.1 Å². The Kier molecular flexibility index (Phi) is 12.3. The number of nitrogens with zero attached hydrogens (tertiary/aromatic N) is 8. The van der Waals surface area contributed by atoms with Gasteiger partial charge in [0, 0.05) is 75.7 Å². The lowest BCUT2D eigenvalue weighted by atomic mass is 9.86. The predicted octanol–water partition coefficient (Wildman–Crippen LogP) is 4.85. The molecule has 0 unspecified atom stereocenters. The number of anilines is 3. The number of hydrogen-bond acceptors (Lipinski definition) is 13. The number of halogens is 2. The highest BCUT2D eigenvalue weighted by molar-refractivity contribution is 6.39. The average Bonchev–Trinajstić information content (AvgIpc) is 3.85. The largest absolute Gasteiger partial charge is 0.484 e. The van der Waals surface area contributed by atoms with Gasteiger partial charge < -0.3 is 29.7 Å². The van der Waals surface area contributed by atoms with Crippen molar-refractivity contribution >= 4 is 87.0 Å². The maximum Gasteiger partial charge on any atom is 0.262 e. The van der Waals surface area contributed by atoms with Crippen LogP contribution in [0.15, 0.2) is 73.3 Å². The van der Waals surface area contributed by atoms with Crippen LogP contribution in [0.4, 0.5) is 17.2 Å². The lowest BCUT2D eigenvalue weighted by molar-refractivity contribution is -0.136. The van der Waals surface area contributed by atoms with Gasteiger partial charge in [-0.25, -0.2) is 15.0 Å². The summed E-state index contributed by atoms with van der Waals surface area (Å²) in [6.07, 6.45) is 6.65. The molecule has 4 fully saturated rings. The monoisotopic (exact) mass is 947 g/mol. The molecule has 3 N–H and O–H groups in total. The fraction of sp³-hybridized carbons (Fsp3) is 0.383. The van der Waals surface area contributed by atoms with E-state index in [1.165, 1.54) is 18.5 Å². The first-order valence-electron chi connectivity index (χ1n) is 22.5. The topological polar surface area (TPSA) is 204 Å². The van der Waals surface area contributed by atoms with E-state index in [2.05, 4.69) is 52.8 Å². The second kappa shape index (κ2) is 18.6. The number of imidazole rings is 1. The van der Waals surface area contributed by atoms with Crippen LogP contribution in [0.5, 0.6) is 5.75 Å². The number of likely N-dealkylation sites (tertiary alicyclic amines) is 1. The molecule has 346 valence electrons. The SMILES string of the molecule is O=C1CC[C@H](N2C(=O)c3ccc(OCC(=O)N4CCC(CN5CCN(c6ccc(Nc7ncnc8c7ncn8C7CC(NC(=O)c8c(Cl)cccc8Cl)C7)cc6)CC5)CC4)cc3C2=O)C(=O)N1. The summed E-state index contributed by atoms with van der Waals surface area (Å²) in [5.41, 5.74) is 3.96. The quantitative estimate of drug-likeness (QED) is 0.143. The van der Waals surface area contributed by atoms with Crippen molar-refractivity contribution in [1.82, 2.24) is 44.9 Å². The maximum atomic E-state index is 13.2. The molecule has 1 atom stereocenters. The number of aromatic nitrogens is 4. The second-order valence-corrected chi connectivity index (χ2v) is 18.5. The molecule has 3 aromatic carbocycles. The van der Waals surface area contributed by atoms with Crippen molar-refractivity contribution < 1.29 is 33.5 Å². The molecule has 0 spiro atoms. The number of imide groups is 2. The molecular weight excluding hydrogens is 901 g/mol. The normalized spacial score (nSPS) is 21.3. The highest BCUT2D eigenvalue weighted by Gasteiger charge is 2.45. The van der Waals surface area contributed by atoms with Gasteiger partial charge in [-0.15, -0.1) is 0 Å². The molecule has 1 saturated carbocycles. The van der Waals surface area contributed by atoms with Gasteiger partial charge in [0.05, 0.1) is 33.1 Å². The highest BCUT2D eigenvalue weighted by Crippen LogP contribution is 2.37. The van der Waals surface area contributed by atoms with E-state index in [-0.39, 0.29) is 65.8 Å². The van der Waals surface area contributed by atoms with E-state index in [9.17, 15) is 28.8 Å². The fourth-order valence-corrected chi connectivity index (χ4v) is 10.3. The van der Waals surface area contributed by atoms with Crippen molar-refractivity contribution in [2.24, 2.45) is 5.92 Å². The van der Waals surface area contributed by atoms with Crippen molar-refractivity contribution in [3.05, 3.63) is 100 Å². The molecule has 20 heteroatoms. The molecular formula is C47H47Cl2N11O7. The predicted molar refractivity (Wildman–Crippen MR) is 248 cm³/mol. The molecule has 5 aliphatic rings. The van der Waals surface area contributed by atoms with Crippen LogP contribution in [0.1, 0.15) is 75.6 Å². The van der Waals surface area contributed by atoms with Gasteiger partial charge in [-0.1, -0.05) is 29.3 Å². The standard InChI is InChI=1S/C47H47Cl2N11O7/c48-35-2-1-3-36(49)40(35)45(64)54-29-20-31(21-29)59-26-52-41-42(50-25-51-43(41)59)53-28-4-6-30(7-5-28)57-18-16-56(17-19-57)23-27-12-14-58(15-13-27)39(62)24-67-32-8-9-33-34(22-32)47(66)60(46(33)65)37-10-11-38(61)55-44(37)63/h1-9,22,25-27,29,31,37H,10-21,23-24H2,(H,54,64)(H,50,51,53)(H,55,61,63)/t29?,31?,37-/m0/s1. The summed E-state index contributed by atoms with van der Waals surface area (Å²) in [4.78, 5) is 97.5. The fourth-order valence-electron chi connectivity index (χ4n) is 9.70. The lowest BCUT2D eigenvalue weighted by Gasteiger charge is -2.39. The molecule has 6 heterocycles. The highest BCUT2D eigenvalue weighted by atomic mass is 35.5. The molecule has 0 radical (unpaired) electrons. The van der Waals surface area contributed by atoms with E-state index in [4.69, 9.17) is 27.9 Å². The van der Waals surface area contributed by atoms with Gasteiger partial charge in [-0.2, -0.15) is 0 Å². The Morgan fingerprint density at radius 3 is 2.28 bits per heavy atom. The van der Waals surface area contributed by atoms with E-state index in [1.54, 1.807) is 30.6 Å². The summed E-state index contributed by atoms with van der Waals surface area (Å²) < 4.78 is 7.83. The zero-order valence-electron chi connectivity index (χ0n) is 36.3. The Hall–Kier alpha value is -6.63. The number of piperazine rings is 1. The van der Waals surface area contributed by atoms with Crippen LogP contribution < -0.4 is 25.6 Å². The Labute approximate surface area is 394 Å². The van der Waals surface area contributed by atoms with Crippen LogP contribution in [0.3, 0.4) is 0 Å². The molecule has 67 heavy (non-hydrogen) atoms. The van der Waals surface area contributed by atoms with Crippen LogP contribution >= 0.6 is 23.2 Å². The van der Waals surface area contributed by atoms with Gasteiger partial charge in [-0.05, 0) is 92.6 Å². The number of hydrogen-bond donors (Lipinski definition) is 3. The van der Waals surface area contributed by atoms with Crippen molar-refractivity contribution in [2.45, 2.75) is 56.7 Å². The molecule has 5 aromatic rings. The smallest absolute Gasteiger partial charge is 0.262 e. The van der Waals surface area contributed by atoms with Crippen LogP contribution in [0.2, 0.25) is 10.0 Å². The van der Waals surface area contributed by atoms with Gasteiger partial charge in [-0.3, -0.25) is 43.9 Å². The third kappa shape index (κ3) is 9.00. The van der Waals surface area contributed by atoms with Gasteiger partial charge >= 0.3 is 0 Å². The first-order valence-corrected chi connectivity index (χ1v) is 23.3. The van der Waals surface area contributed by atoms with Gasteiger partial charge in [0.25, 0.3) is 23.6 Å². The molecule has 18 nitrogen and oxygen atoms in total. The third-order valence-corrected chi connectivity index (χ3v) is 14.1. The van der Waals surface area contributed by atoms with Crippen molar-refractivity contribution in [3.63, 3.8) is 0 Å². The number of benzene rings is 3. The number of carbonyl (C=O) groups is 6. The van der Waals surface area contributed by atoms with Gasteiger partial charge in [0.15, 0.2) is 23.6 Å². The first-order chi connectivity index (χ1) is 32.5. The van der Waals surface area contributed by atoms with E-state index in [0.717, 1.165) is 80.3 Å². The maximum absolute atomic E-state index is 13.2. The summed E-state index contributed by atoms with van der Waals surface area (Å²) in [5, 5.41) is 9.29. The number of carbonyl (C=O) groups excluding carboxylic acids is 6. The molecule has 0 bridgehead atoms. The van der Waals surface area contributed by atoms with Gasteiger partial charge in [0.2, 0.25) is 11.8 Å². The third-order valence-electron chi connectivity index (χ3n) is 13.5. The van der Waals surface area contributed by atoms with Crippen molar-refractivity contribution in [3.8, 4) is 5.75 Å². The minimum atomic E-state index is -1.05. The number of rotatable bonds is 12. The zero-order chi connectivity index (χ0) is 46.3. The Balaban J connectivity index is 0.649. The summed E-state index contributed by atoms with van der Waals surface area (Å²) in [6.45, 7) is 5.75. The Morgan fingerprint density at radius 1 is 0.821 bits per heavy atom. The number of piperidine rings is 2. The number of nitrogens with one attached hydrogen (secondary N) is 3. The van der Waals surface area contributed by atoms with E-state index in [0.29, 0.717) is 40.4 Å². The number of ether oxygens (including phenoxy) is 1.